The number of aromatic nitrogens is 2. The van der Waals surface area contributed by atoms with Crippen LogP contribution in [0.2, 0.25) is 0 Å². The fourth-order valence-electron chi connectivity index (χ4n) is 2.42. The number of methoxy groups -OCH3 is 1. The molecule has 2 aromatic rings. The molecule has 2 rings (SSSR count). The van der Waals surface area contributed by atoms with Gasteiger partial charge in [-0.05, 0) is 39.0 Å². The van der Waals surface area contributed by atoms with Crippen molar-refractivity contribution in [2.24, 2.45) is 0 Å². The number of rotatable bonds is 5. The maximum atomic E-state index is 12.3. The normalized spacial score (nSPS) is 12.2. The number of ether oxygens (including phenoxy) is 1. The Labute approximate surface area is 125 Å². The molecule has 1 N–H and O–H groups in total. The Balaban J connectivity index is 2.29. The van der Waals surface area contributed by atoms with E-state index in [1.165, 1.54) is 0 Å². The number of carbonyl (C=O) groups is 1. The quantitative estimate of drug-likeness (QED) is 0.917. The highest BCUT2D eigenvalue weighted by Crippen LogP contribution is 2.19. The summed E-state index contributed by atoms with van der Waals surface area (Å²) in [6.45, 7) is 6.30. The largest absolute Gasteiger partial charge is 0.383 e. The van der Waals surface area contributed by atoms with Crippen LogP contribution in [0.3, 0.4) is 0 Å². The molecule has 1 unspecified atom stereocenters. The van der Waals surface area contributed by atoms with Gasteiger partial charge in [-0.15, -0.1) is 0 Å². The molecule has 0 radical (unpaired) electrons. The van der Waals surface area contributed by atoms with Crippen LogP contribution in [0.15, 0.2) is 30.5 Å². The molecular weight excluding hydrogens is 266 g/mol. The summed E-state index contributed by atoms with van der Waals surface area (Å²) >= 11 is 0. The number of nitrogens with one attached hydrogen (secondary N) is 1. The fraction of sp³-hybridized carbons (Fsp3) is 0.375. The van der Waals surface area contributed by atoms with Gasteiger partial charge in [0.1, 0.15) is 5.82 Å². The second kappa shape index (κ2) is 6.54. The lowest BCUT2D eigenvalue weighted by Crippen LogP contribution is -2.35. The molecule has 0 saturated heterocycles. The lowest BCUT2D eigenvalue weighted by Gasteiger charge is -2.13. The minimum Gasteiger partial charge on any atom is -0.383 e. The first-order chi connectivity index (χ1) is 10.0. The monoisotopic (exact) mass is 287 g/mol. The zero-order valence-electron chi connectivity index (χ0n) is 12.9. The van der Waals surface area contributed by atoms with Crippen LogP contribution in [0.4, 0.5) is 0 Å². The van der Waals surface area contributed by atoms with Gasteiger partial charge in [0.05, 0.1) is 12.2 Å². The van der Waals surface area contributed by atoms with E-state index in [0.29, 0.717) is 12.2 Å². The van der Waals surface area contributed by atoms with Crippen molar-refractivity contribution in [1.82, 2.24) is 14.9 Å². The first-order valence-electron chi connectivity index (χ1n) is 6.94. The van der Waals surface area contributed by atoms with Gasteiger partial charge in [0, 0.05) is 30.7 Å². The predicted octanol–water partition coefficient (Wildman–Crippen LogP) is 2.25. The smallest absolute Gasteiger partial charge is 0.253 e. The van der Waals surface area contributed by atoms with Gasteiger partial charge in [-0.25, -0.2) is 4.98 Å². The van der Waals surface area contributed by atoms with Crippen molar-refractivity contribution in [2.45, 2.75) is 26.8 Å². The third-order valence-corrected chi connectivity index (χ3v) is 3.35. The number of hydrogen-bond acceptors (Lipinski definition) is 3. The Morgan fingerprint density at radius 3 is 2.81 bits per heavy atom. The van der Waals surface area contributed by atoms with Crippen LogP contribution in [0, 0.1) is 13.8 Å². The highest BCUT2D eigenvalue weighted by molar-refractivity contribution is 5.96. The van der Waals surface area contributed by atoms with Crippen LogP contribution >= 0.6 is 0 Å². The van der Waals surface area contributed by atoms with E-state index in [0.717, 1.165) is 17.2 Å². The summed E-state index contributed by atoms with van der Waals surface area (Å²) in [5.41, 5.74) is 2.53. The van der Waals surface area contributed by atoms with E-state index >= 15 is 0 Å². The van der Waals surface area contributed by atoms with Gasteiger partial charge < -0.3 is 14.6 Å². The molecule has 0 aliphatic heterocycles. The lowest BCUT2D eigenvalue weighted by atomic mass is 10.2. The second-order valence-electron chi connectivity index (χ2n) is 5.14. The predicted molar refractivity (Wildman–Crippen MR) is 81.8 cm³/mol. The summed E-state index contributed by atoms with van der Waals surface area (Å²) in [5.74, 6) is 0.728. The summed E-state index contributed by atoms with van der Waals surface area (Å²) in [7, 11) is 1.62. The molecule has 2 aromatic heterocycles. The van der Waals surface area contributed by atoms with Gasteiger partial charge in [0.25, 0.3) is 5.91 Å². The summed E-state index contributed by atoms with van der Waals surface area (Å²) in [6, 6.07) is 7.59. The van der Waals surface area contributed by atoms with Gasteiger partial charge in [-0.2, -0.15) is 0 Å². The van der Waals surface area contributed by atoms with Gasteiger partial charge in [-0.3, -0.25) is 4.79 Å². The average molecular weight is 287 g/mol. The second-order valence-corrected chi connectivity index (χ2v) is 5.14. The molecule has 112 valence electrons. The molecule has 1 amide bonds. The Hall–Kier alpha value is -2.14. The van der Waals surface area contributed by atoms with E-state index in [2.05, 4.69) is 10.3 Å². The van der Waals surface area contributed by atoms with Gasteiger partial charge >= 0.3 is 0 Å². The third kappa shape index (κ3) is 3.31. The Kier molecular flexibility index (Phi) is 4.75. The first kappa shape index (κ1) is 15.3. The molecular formula is C16H21N3O2. The standard InChI is InChI=1S/C16H21N3O2/c1-11(10-21-4)18-16(20)14-9-12(2)19(13(14)3)15-7-5-6-8-17-15/h5-9,11H,10H2,1-4H3,(H,18,20). The van der Waals surface area contributed by atoms with Crippen molar-refractivity contribution < 1.29 is 9.53 Å². The van der Waals surface area contributed by atoms with Crippen molar-refractivity contribution in [3.63, 3.8) is 0 Å². The van der Waals surface area contributed by atoms with Gasteiger partial charge in [0.15, 0.2) is 0 Å². The van der Waals surface area contributed by atoms with E-state index in [4.69, 9.17) is 4.74 Å². The zero-order valence-corrected chi connectivity index (χ0v) is 12.9. The fourth-order valence-corrected chi connectivity index (χ4v) is 2.42. The highest BCUT2D eigenvalue weighted by atomic mass is 16.5. The van der Waals surface area contributed by atoms with Crippen LogP contribution in [0.5, 0.6) is 0 Å². The summed E-state index contributed by atoms with van der Waals surface area (Å²) in [5, 5.41) is 2.93. The van der Waals surface area contributed by atoms with Crippen LogP contribution in [-0.2, 0) is 4.74 Å². The molecule has 5 nitrogen and oxygen atoms in total. The van der Waals surface area contributed by atoms with Crippen molar-refractivity contribution in [2.75, 3.05) is 13.7 Å². The number of pyridine rings is 1. The van der Waals surface area contributed by atoms with Gasteiger partial charge in [-0.1, -0.05) is 6.07 Å². The van der Waals surface area contributed by atoms with Gasteiger partial charge in [0.2, 0.25) is 0 Å². The zero-order chi connectivity index (χ0) is 15.4. The molecule has 0 aliphatic rings. The van der Waals surface area contributed by atoms with Crippen molar-refractivity contribution in [3.05, 3.63) is 47.4 Å². The van der Waals surface area contributed by atoms with Crippen LogP contribution in [-0.4, -0.2) is 35.2 Å². The molecule has 0 aliphatic carbocycles. The Morgan fingerprint density at radius 1 is 1.43 bits per heavy atom. The number of amides is 1. The molecule has 5 heteroatoms. The topological polar surface area (TPSA) is 56.1 Å². The third-order valence-electron chi connectivity index (χ3n) is 3.35. The minimum absolute atomic E-state index is 0.0274. The summed E-state index contributed by atoms with van der Waals surface area (Å²) in [6.07, 6.45) is 1.74. The molecule has 21 heavy (non-hydrogen) atoms. The van der Waals surface area contributed by atoms with Crippen molar-refractivity contribution >= 4 is 5.91 Å². The number of hydrogen-bond donors (Lipinski definition) is 1. The maximum absolute atomic E-state index is 12.3. The number of aryl methyl sites for hydroxylation is 1. The molecule has 0 saturated carbocycles. The molecule has 2 heterocycles. The lowest BCUT2D eigenvalue weighted by molar-refractivity contribution is 0.0905. The van der Waals surface area contributed by atoms with Crippen LogP contribution in [0.25, 0.3) is 5.82 Å². The van der Waals surface area contributed by atoms with E-state index < -0.39 is 0 Å². The number of nitrogens with zero attached hydrogens (tertiary/aromatic N) is 2. The van der Waals surface area contributed by atoms with Crippen molar-refractivity contribution in [1.29, 1.82) is 0 Å². The Bertz CT molecular complexity index is 620. The molecule has 0 fully saturated rings. The Morgan fingerprint density at radius 2 is 2.19 bits per heavy atom. The van der Waals surface area contributed by atoms with Crippen LogP contribution in [0.1, 0.15) is 28.7 Å². The van der Waals surface area contributed by atoms with E-state index in [1.807, 2.05) is 49.6 Å². The summed E-state index contributed by atoms with van der Waals surface area (Å²) in [4.78, 5) is 16.7. The van der Waals surface area contributed by atoms with Crippen molar-refractivity contribution in [3.8, 4) is 5.82 Å². The average Bonchev–Trinajstić information content (AvgIpc) is 2.75. The molecule has 0 bridgehead atoms. The molecule has 0 aromatic carbocycles. The minimum atomic E-state index is -0.0881. The first-order valence-corrected chi connectivity index (χ1v) is 6.94. The van der Waals surface area contributed by atoms with E-state index in [1.54, 1.807) is 13.3 Å². The highest BCUT2D eigenvalue weighted by Gasteiger charge is 2.18. The SMILES string of the molecule is COCC(C)NC(=O)c1cc(C)n(-c2ccccn2)c1C. The number of carbonyl (C=O) groups excluding carboxylic acids is 1. The molecule has 0 spiro atoms. The molecule has 1 atom stereocenters. The van der Waals surface area contributed by atoms with Crippen LogP contribution < -0.4 is 5.32 Å². The maximum Gasteiger partial charge on any atom is 0.253 e. The van der Waals surface area contributed by atoms with E-state index in [-0.39, 0.29) is 11.9 Å². The summed E-state index contributed by atoms with van der Waals surface area (Å²) < 4.78 is 7.02. The van der Waals surface area contributed by atoms with E-state index in [9.17, 15) is 4.79 Å².